The summed E-state index contributed by atoms with van der Waals surface area (Å²) in [7, 11) is 0.500. The Balaban J connectivity index is 0.00000141. The molecule has 0 saturated carbocycles. The summed E-state index contributed by atoms with van der Waals surface area (Å²) >= 11 is 0. The standard InChI is InChI=1S/C27H31F2N7O.C2H6.CH3F/c1-18-5-6-19(14-25(18)36(31)17-24(30)20-4-2-3-7-33-16-20)27(37)34-22-12-21(26(28)29)13-23(15-22)35-10-8-32-9-11-35;2*1-2/h2-3,5-7,12-17,26,32H,4,8-11,30-31H2,1H3,(H,34,37);1-2H3;1H3/b24-17-;;. The largest absolute Gasteiger partial charge is 0.397 e. The van der Waals surface area contributed by atoms with Crippen LogP contribution in [0.1, 0.15) is 48.2 Å². The van der Waals surface area contributed by atoms with E-state index in [1.165, 1.54) is 17.1 Å². The number of nitrogens with one attached hydrogen (secondary N) is 2. The molecule has 6 N–H and O–H groups in total. The van der Waals surface area contributed by atoms with Gasteiger partial charge in [-0.2, -0.15) is 0 Å². The van der Waals surface area contributed by atoms with Crippen molar-refractivity contribution < 1.29 is 18.0 Å². The van der Waals surface area contributed by atoms with Crippen molar-refractivity contribution in [2.45, 2.75) is 33.6 Å². The highest BCUT2D eigenvalue weighted by Crippen LogP contribution is 2.30. The lowest BCUT2D eigenvalue weighted by Gasteiger charge is -2.30. The van der Waals surface area contributed by atoms with Crippen molar-refractivity contribution in [3.8, 4) is 0 Å². The molecule has 11 heteroatoms. The zero-order chi connectivity index (χ0) is 30.4. The van der Waals surface area contributed by atoms with Crippen molar-refractivity contribution in [1.29, 1.82) is 0 Å². The summed E-state index contributed by atoms with van der Waals surface area (Å²) in [4.78, 5) is 19.3. The molecule has 2 aromatic rings. The maximum Gasteiger partial charge on any atom is 0.263 e. The maximum atomic E-state index is 13.6. The molecule has 0 aromatic heterocycles. The number of hydrogen-bond acceptors (Lipinski definition) is 7. The van der Waals surface area contributed by atoms with E-state index in [0.717, 1.165) is 24.2 Å². The van der Waals surface area contributed by atoms with Crippen molar-refractivity contribution in [1.82, 2.24) is 5.32 Å². The number of carbonyl (C=O) groups excluding carboxylic acids is 1. The van der Waals surface area contributed by atoms with Gasteiger partial charge in [0, 0.05) is 67.3 Å². The van der Waals surface area contributed by atoms with Gasteiger partial charge in [0.2, 0.25) is 0 Å². The fraction of sp³-hybridized carbons (Fsp3) is 0.333. The molecular weight excluding hydrogens is 531 g/mol. The minimum Gasteiger partial charge on any atom is -0.397 e. The third kappa shape index (κ3) is 9.51. The molecule has 0 spiro atoms. The molecule has 2 aromatic carbocycles. The Kier molecular flexibility index (Phi) is 13.6. The third-order valence-electron chi connectivity index (χ3n) is 6.21. The van der Waals surface area contributed by atoms with Crippen LogP contribution in [0.2, 0.25) is 0 Å². The number of nitrogens with zero attached hydrogens (tertiary/aromatic N) is 3. The van der Waals surface area contributed by atoms with Crippen LogP contribution < -0.4 is 32.1 Å². The van der Waals surface area contributed by atoms with Gasteiger partial charge in [0.05, 0.1) is 18.6 Å². The molecule has 2 aliphatic rings. The van der Waals surface area contributed by atoms with Crippen LogP contribution in [0.15, 0.2) is 77.2 Å². The molecule has 0 aliphatic carbocycles. The van der Waals surface area contributed by atoms with Crippen LogP contribution >= 0.6 is 0 Å². The summed E-state index contributed by atoms with van der Waals surface area (Å²) in [5, 5.41) is 7.38. The lowest BCUT2D eigenvalue weighted by Crippen LogP contribution is -2.43. The van der Waals surface area contributed by atoms with E-state index < -0.39 is 12.3 Å². The van der Waals surface area contributed by atoms with Crippen molar-refractivity contribution in [2.75, 3.05) is 48.6 Å². The summed E-state index contributed by atoms with van der Waals surface area (Å²) in [6.07, 6.45) is 6.68. The molecule has 1 fully saturated rings. The molecule has 0 atom stereocenters. The normalized spacial score (nSPS) is 14.7. The van der Waals surface area contributed by atoms with Gasteiger partial charge in [-0.25, -0.2) is 14.6 Å². The molecule has 8 nitrogen and oxygen atoms in total. The number of benzene rings is 2. The molecule has 41 heavy (non-hydrogen) atoms. The molecule has 1 saturated heterocycles. The summed E-state index contributed by atoms with van der Waals surface area (Å²) in [5.41, 5.74) is 10.0. The van der Waals surface area contributed by atoms with Crippen molar-refractivity contribution in [2.24, 2.45) is 16.6 Å². The summed E-state index contributed by atoms with van der Waals surface area (Å²) < 4.78 is 36.7. The number of hydrazine groups is 1. The van der Waals surface area contributed by atoms with Crippen molar-refractivity contribution >= 4 is 29.2 Å². The van der Waals surface area contributed by atoms with E-state index in [1.54, 1.807) is 42.9 Å². The first-order valence-electron chi connectivity index (χ1n) is 13.4. The smallest absolute Gasteiger partial charge is 0.263 e. The number of piperazine rings is 1. The zero-order valence-corrected chi connectivity index (χ0v) is 24.0. The van der Waals surface area contributed by atoms with Gasteiger partial charge >= 0.3 is 0 Å². The fourth-order valence-corrected chi connectivity index (χ4v) is 4.16. The van der Waals surface area contributed by atoms with Gasteiger partial charge < -0.3 is 21.3 Å². The number of aliphatic imine (C=N–C) groups is 1. The van der Waals surface area contributed by atoms with Gasteiger partial charge in [-0.3, -0.25) is 19.2 Å². The lowest BCUT2D eigenvalue weighted by molar-refractivity contribution is 0.102. The Morgan fingerprint density at radius 2 is 1.85 bits per heavy atom. The van der Waals surface area contributed by atoms with Crippen LogP contribution in [-0.4, -0.2) is 45.5 Å². The number of alkyl halides is 3. The van der Waals surface area contributed by atoms with E-state index in [1.807, 2.05) is 37.8 Å². The third-order valence-corrected chi connectivity index (χ3v) is 6.21. The van der Waals surface area contributed by atoms with Gasteiger partial charge in [0.15, 0.2) is 0 Å². The molecule has 222 valence electrons. The molecule has 0 unspecified atom stereocenters. The Labute approximate surface area is 240 Å². The maximum absolute atomic E-state index is 13.6. The second kappa shape index (κ2) is 16.9. The molecule has 2 heterocycles. The average Bonchev–Trinajstić information content (AvgIpc) is 3.29. The predicted molar refractivity (Wildman–Crippen MR) is 163 cm³/mol. The second-order valence-corrected chi connectivity index (χ2v) is 8.88. The molecule has 2 aliphatic heterocycles. The highest BCUT2D eigenvalue weighted by Gasteiger charge is 2.18. The van der Waals surface area contributed by atoms with Gasteiger partial charge in [0.25, 0.3) is 12.3 Å². The van der Waals surface area contributed by atoms with Gasteiger partial charge in [-0.1, -0.05) is 26.0 Å². The first-order chi connectivity index (χ1) is 19.8. The summed E-state index contributed by atoms with van der Waals surface area (Å²) in [6.45, 7) is 8.80. The molecular formula is C30H40F3N7O. The average molecular weight is 572 g/mol. The number of amides is 1. The monoisotopic (exact) mass is 571 g/mol. The SMILES string of the molecule is CC.CF.Cc1ccc(C(=O)Nc2cc(C(F)F)cc(N3CCNCC3)c2)cc1N(N)/C=C(\N)C1=CN=CC=CC1. The molecule has 1 amide bonds. The molecule has 0 radical (unpaired) electrons. The molecule has 0 bridgehead atoms. The first kappa shape index (κ1) is 33.1. The van der Waals surface area contributed by atoms with E-state index >= 15 is 0 Å². The topological polar surface area (TPSA) is 112 Å². The number of nitrogens with two attached hydrogens (primary N) is 2. The minimum atomic E-state index is -2.66. The highest BCUT2D eigenvalue weighted by molar-refractivity contribution is 6.05. The Hall–Kier alpha value is -4.09. The fourth-order valence-electron chi connectivity index (χ4n) is 4.16. The second-order valence-electron chi connectivity index (χ2n) is 8.88. The number of hydrogen-bond donors (Lipinski definition) is 4. The zero-order valence-electron chi connectivity index (χ0n) is 24.0. The van der Waals surface area contributed by atoms with Crippen molar-refractivity contribution in [3.63, 3.8) is 0 Å². The van der Waals surface area contributed by atoms with Crippen LogP contribution in [0.4, 0.5) is 30.2 Å². The number of rotatable bonds is 7. The van der Waals surface area contributed by atoms with Gasteiger partial charge in [-0.05, 0) is 60.9 Å². The number of aryl methyl sites for hydroxylation is 1. The van der Waals surface area contributed by atoms with E-state index in [2.05, 4.69) is 15.6 Å². The summed E-state index contributed by atoms with van der Waals surface area (Å²) in [6, 6.07) is 9.58. The van der Waals surface area contributed by atoms with Crippen LogP contribution in [0.25, 0.3) is 0 Å². The van der Waals surface area contributed by atoms with Crippen LogP contribution in [0.3, 0.4) is 0 Å². The predicted octanol–water partition coefficient (Wildman–Crippen LogP) is 5.60. The van der Waals surface area contributed by atoms with Gasteiger partial charge in [0.1, 0.15) is 0 Å². The van der Waals surface area contributed by atoms with Crippen LogP contribution in [-0.2, 0) is 0 Å². The van der Waals surface area contributed by atoms with Crippen LogP contribution in [0.5, 0.6) is 0 Å². The van der Waals surface area contributed by atoms with E-state index in [-0.39, 0.29) is 5.56 Å². The highest BCUT2D eigenvalue weighted by atomic mass is 19.3. The molecule has 4 rings (SSSR count). The number of allylic oxidation sites excluding steroid dienone is 3. The van der Waals surface area contributed by atoms with Crippen LogP contribution in [0, 0.1) is 6.92 Å². The minimum absolute atomic E-state index is 0.142. The Bertz CT molecular complexity index is 1270. The lowest BCUT2D eigenvalue weighted by atomic mass is 10.1. The number of anilines is 3. The van der Waals surface area contributed by atoms with Crippen molar-refractivity contribution in [3.05, 3.63) is 88.9 Å². The van der Waals surface area contributed by atoms with E-state index in [4.69, 9.17) is 11.6 Å². The summed E-state index contributed by atoms with van der Waals surface area (Å²) in [5.74, 6) is 5.85. The quantitative estimate of drug-likeness (QED) is 0.254. The van der Waals surface area contributed by atoms with E-state index in [0.29, 0.717) is 55.0 Å². The first-order valence-corrected chi connectivity index (χ1v) is 13.4. The Morgan fingerprint density at radius 3 is 2.54 bits per heavy atom. The number of halogens is 3. The number of carbonyl (C=O) groups is 1. The van der Waals surface area contributed by atoms with E-state index in [9.17, 15) is 18.0 Å². The Morgan fingerprint density at radius 1 is 1.15 bits per heavy atom. The van der Waals surface area contributed by atoms with Gasteiger partial charge in [-0.15, -0.1) is 0 Å².